The third kappa shape index (κ3) is 3.47. The predicted octanol–water partition coefficient (Wildman–Crippen LogP) is 1.70. The highest BCUT2D eigenvalue weighted by Gasteiger charge is 2.41. The molecule has 0 saturated carbocycles. The van der Waals surface area contributed by atoms with Crippen LogP contribution in [0.4, 0.5) is 4.39 Å². The summed E-state index contributed by atoms with van der Waals surface area (Å²) in [6.45, 7) is 0.129. The molecular weight excluding hydrogens is 375 g/mol. The number of benzene rings is 2. The van der Waals surface area contributed by atoms with Gasteiger partial charge in [-0.15, -0.1) is 0 Å². The lowest BCUT2D eigenvalue weighted by atomic mass is 10.0. The number of rotatable bonds is 5. The van der Waals surface area contributed by atoms with Crippen LogP contribution in [0.2, 0.25) is 0 Å². The largest absolute Gasteiger partial charge is 0.497 e. The number of ether oxygens (including phenoxy) is 2. The number of halogens is 1. The zero-order valence-corrected chi connectivity index (χ0v) is 15.6. The fourth-order valence-corrected chi connectivity index (χ4v) is 4.72. The van der Waals surface area contributed by atoms with Gasteiger partial charge in [0.15, 0.2) is 0 Å². The maximum Gasteiger partial charge on any atom is 0.247 e. The molecule has 1 unspecified atom stereocenters. The molecule has 0 aliphatic carbocycles. The van der Waals surface area contributed by atoms with E-state index < -0.39 is 27.8 Å². The Balaban J connectivity index is 2.12. The molecule has 1 N–H and O–H groups in total. The summed E-state index contributed by atoms with van der Waals surface area (Å²) in [7, 11) is -1.36. The van der Waals surface area contributed by atoms with E-state index in [1.165, 1.54) is 50.6 Å². The number of nitrogens with zero attached hydrogens (tertiary/aromatic N) is 1. The molecule has 1 saturated heterocycles. The Morgan fingerprint density at radius 3 is 2.56 bits per heavy atom. The van der Waals surface area contributed by atoms with Crippen molar-refractivity contribution in [3.8, 4) is 11.5 Å². The second kappa shape index (κ2) is 7.53. The van der Waals surface area contributed by atoms with Gasteiger partial charge in [0.2, 0.25) is 15.9 Å². The van der Waals surface area contributed by atoms with Crippen LogP contribution in [0.15, 0.2) is 47.4 Å². The van der Waals surface area contributed by atoms with Crippen molar-refractivity contribution >= 4 is 15.9 Å². The van der Waals surface area contributed by atoms with Crippen molar-refractivity contribution in [3.05, 3.63) is 53.8 Å². The topological polar surface area (TPSA) is 84.9 Å². The van der Waals surface area contributed by atoms with Gasteiger partial charge < -0.3 is 14.8 Å². The van der Waals surface area contributed by atoms with Gasteiger partial charge in [-0.05, 0) is 18.2 Å². The normalized spacial score (nSPS) is 18.0. The van der Waals surface area contributed by atoms with Gasteiger partial charge in [0.05, 0.1) is 14.2 Å². The van der Waals surface area contributed by atoms with Crippen molar-refractivity contribution in [2.75, 3.05) is 27.3 Å². The lowest BCUT2D eigenvalue weighted by molar-refractivity contribution is -0.127. The molecule has 0 aromatic heterocycles. The monoisotopic (exact) mass is 394 g/mol. The van der Waals surface area contributed by atoms with Gasteiger partial charge in [0, 0.05) is 24.7 Å². The molecule has 3 rings (SSSR count). The molecule has 2 aromatic carbocycles. The zero-order valence-electron chi connectivity index (χ0n) is 14.8. The first-order valence-corrected chi connectivity index (χ1v) is 9.60. The molecule has 1 heterocycles. The van der Waals surface area contributed by atoms with Crippen molar-refractivity contribution in [2.45, 2.75) is 10.9 Å². The number of piperazine rings is 1. The van der Waals surface area contributed by atoms with E-state index in [4.69, 9.17) is 9.47 Å². The van der Waals surface area contributed by atoms with E-state index in [1.807, 2.05) is 0 Å². The van der Waals surface area contributed by atoms with Crippen LogP contribution in [0.5, 0.6) is 11.5 Å². The highest BCUT2D eigenvalue weighted by molar-refractivity contribution is 7.89. The first kappa shape index (κ1) is 19.1. The van der Waals surface area contributed by atoms with Crippen LogP contribution in [0, 0.1) is 5.82 Å². The minimum atomic E-state index is -4.15. The summed E-state index contributed by atoms with van der Waals surface area (Å²) in [6, 6.07) is 8.58. The fourth-order valence-electron chi connectivity index (χ4n) is 3.01. The highest BCUT2D eigenvalue weighted by atomic mass is 32.2. The van der Waals surface area contributed by atoms with Gasteiger partial charge in [0.25, 0.3) is 0 Å². The van der Waals surface area contributed by atoms with Crippen LogP contribution in [0.3, 0.4) is 0 Å². The molecule has 27 heavy (non-hydrogen) atoms. The lowest BCUT2D eigenvalue weighted by Crippen LogP contribution is -2.52. The minimum absolute atomic E-state index is 0.00224. The van der Waals surface area contributed by atoms with Crippen molar-refractivity contribution in [2.24, 2.45) is 0 Å². The van der Waals surface area contributed by atoms with E-state index in [2.05, 4.69) is 5.32 Å². The van der Waals surface area contributed by atoms with Crippen LogP contribution in [-0.4, -0.2) is 45.9 Å². The number of amides is 1. The standard InChI is InChI=1S/C18H19FN2O5S/c1-25-12-7-8-16(15(11-12)26-2)27(23,24)21-10-9-20-18(22)17(21)13-5-3-4-6-14(13)19/h3-8,11,17H,9-10H2,1-2H3,(H,20,22). The van der Waals surface area contributed by atoms with Gasteiger partial charge in [0.1, 0.15) is 28.3 Å². The molecule has 1 aliphatic heterocycles. The third-order valence-electron chi connectivity index (χ3n) is 4.32. The quantitative estimate of drug-likeness (QED) is 0.835. The Hall–Kier alpha value is -2.65. The average molecular weight is 394 g/mol. The molecule has 0 spiro atoms. The Morgan fingerprint density at radius 1 is 1.15 bits per heavy atom. The Morgan fingerprint density at radius 2 is 1.89 bits per heavy atom. The Labute approximate surface area is 156 Å². The number of carbonyl (C=O) groups is 1. The average Bonchev–Trinajstić information content (AvgIpc) is 2.68. The lowest BCUT2D eigenvalue weighted by Gasteiger charge is -2.34. The van der Waals surface area contributed by atoms with Crippen molar-refractivity contribution in [3.63, 3.8) is 0 Å². The van der Waals surface area contributed by atoms with Crippen LogP contribution in [0.25, 0.3) is 0 Å². The number of hydrogen-bond acceptors (Lipinski definition) is 5. The predicted molar refractivity (Wildman–Crippen MR) is 95.6 cm³/mol. The van der Waals surface area contributed by atoms with E-state index in [9.17, 15) is 17.6 Å². The van der Waals surface area contributed by atoms with Gasteiger partial charge in [-0.2, -0.15) is 4.31 Å². The van der Waals surface area contributed by atoms with E-state index in [0.717, 1.165) is 4.31 Å². The number of methoxy groups -OCH3 is 2. The molecular formula is C18H19FN2O5S. The van der Waals surface area contributed by atoms with Gasteiger partial charge >= 0.3 is 0 Å². The smallest absolute Gasteiger partial charge is 0.247 e. The first-order valence-electron chi connectivity index (χ1n) is 8.16. The van der Waals surface area contributed by atoms with Crippen molar-refractivity contribution < 1.29 is 27.1 Å². The molecule has 144 valence electrons. The molecule has 7 nitrogen and oxygen atoms in total. The SMILES string of the molecule is COc1ccc(S(=O)(=O)N2CCNC(=O)C2c2ccccc2F)c(OC)c1. The van der Waals surface area contributed by atoms with E-state index in [-0.39, 0.29) is 29.3 Å². The highest BCUT2D eigenvalue weighted by Crippen LogP contribution is 2.36. The van der Waals surface area contributed by atoms with Crippen LogP contribution >= 0.6 is 0 Å². The summed E-state index contributed by atoms with van der Waals surface area (Å²) in [5.41, 5.74) is -0.00856. The molecule has 1 amide bonds. The molecule has 1 atom stereocenters. The molecule has 0 bridgehead atoms. The summed E-state index contributed by atoms with van der Waals surface area (Å²) in [5, 5.41) is 2.60. The van der Waals surface area contributed by atoms with Gasteiger partial charge in [-0.25, -0.2) is 12.8 Å². The van der Waals surface area contributed by atoms with Crippen molar-refractivity contribution in [1.29, 1.82) is 0 Å². The summed E-state index contributed by atoms with van der Waals surface area (Å²) < 4.78 is 52.2. The van der Waals surface area contributed by atoms with E-state index in [1.54, 1.807) is 6.07 Å². The van der Waals surface area contributed by atoms with Gasteiger partial charge in [-0.1, -0.05) is 18.2 Å². The van der Waals surface area contributed by atoms with Crippen LogP contribution in [-0.2, 0) is 14.8 Å². The number of carbonyl (C=O) groups excluding carboxylic acids is 1. The third-order valence-corrected chi connectivity index (χ3v) is 6.23. The second-order valence-corrected chi connectivity index (χ2v) is 7.71. The summed E-state index contributed by atoms with van der Waals surface area (Å²) in [4.78, 5) is 12.3. The molecule has 9 heteroatoms. The first-order chi connectivity index (χ1) is 12.9. The zero-order chi connectivity index (χ0) is 19.6. The minimum Gasteiger partial charge on any atom is -0.497 e. The maximum absolute atomic E-state index is 14.3. The van der Waals surface area contributed by atoms with E-state index >= 15 is 0 Å². The molecule has 1 aliphatic rings. The summed E-state index contributed by atoms with van der Waals surface area (Å²) in [5.74, 6) is -0.732. The molecule has 2 aromatic rings. The fraction of sp³-hybridized carbons (Fsp3) is 0.278. The van der Waals surface area contributed by atoms with Crippen LogP contribution < -0.4 is 14.8 Å². The number of hydrogen-bond donors (Lipinski definition) is 1. The summed E-state index contributed by atoms with van der Waals surface area (Å²) >= 11 is 0. The summed E-state index contributed by atoms with van der Waals surface area (Å²) in [6.07, 6.45) is 0. The Bertz CT molecular complexity index is 964. The second-order valence-electron chi connectivity index (χ2n) is 5.85. The Kier molecular flexibility index (Phi) is 5.33. The molecule has 1 fully saturated rings. The van der Waals surface area contributed by atoms with Crippen molar-refractivity contribution in [1.82, 2.24) is 9.62 Å². The van der Waals surface area contributed by atoms with E-state index in [0.29, 0.717) is 5.75 Å². The number of sulfonamides is 1. The number of nitrogens with one attached hydrogen (secondary N) is 1. The van der Waals surface area contributed by atoms with Gasteiger partial charge in [-0.3, -0.25) is 4.79 Å². The molecule has 0 radical (unpaired) electrons. The maximum atomic E-state index is 14.3. The van der Waals surface area contributed by atoms with Crippen LogP contribution in [0.1, 0.15) is 11.6 Å².